The van der Waals surface area contributed by atoms with Crippen molar-refractivity contribution in [1.29, 1.82) is 0 Å². The van der Waals surface area contributed by atoms with Crippen molar-refractivity contribution in [2.24, 2.45) is 14.1 Å². The number of piperazine rings is 2. The molecule has 62 heavy (non-hydrogen) atoms. The summed E-state index contributed by atoms with van der Waals surface area (Å²) in [5.41, 5.74) is 2.78. The van der Waals surface area contributed by atoms with Gasteiger partial charge in [-0.3, -0.25) is 19.4 Å². The minimum absolute atomic E-state index is 0.0891. The van der Waals surface area contributed by atoms with Crippen LogP contribution >= 0.6 is 15.9 Å². The third kappa shape index (κ3) is 9.47. The van der Waals surface area contributed by atoms with E-state index in [-0.39, 0.29) is 11.1 Å². The van der Waals surface area contributed by atoms with Gasteiger partial charge in [0.25, 0.3) is 11.1 Å². The van der Waals surface area contributed by atoms with Gasteiger partial charge >= 0.3 is 7.12 Å². The zero-order valence-corrected chi connectivity index (χ0v) is 38.7. The molecule has 0 saturated carbocycles. The second-order valence-corrected chi connectivity index (χ2v) is 19.1. The maximum absolute atomic E-state index is 12.8. The summed E-state index contributed by atoms with van der Waals surface area (Å²) < 4.78 is 27.0. The predicted molar refractivity (Wildman–Crippen MR) is 248 cm³/mol. The molecule has 4 aromatic rings. The largest absolute Gasteiger partial charge is 0.496 e. The molecule has 5 fully saturated rings. The Hall–Kier alpha value is -4.30. The Morgan fingerprint density at radius 3 is 1.53 bits per heavy atom. The van der Waals surface area contributed by atoms with Crippen LogP contribution in [0.5, 0.6) is 0 Å². The van der Waals surface area contributed by atoms with E-state index >= 15 is 0 Å². The summed E-state index contributed by atoms with van der Waals surface area (Å²) in [7, 11) is 2.91. The Kier molecular flexibility index (Phi) is 12.9. The van der Waals surface area contributed by atoms with E-state index in [1.165, 1.54) is 4.57 Å². The predicted octanol–water partition coefficient (Wildman–Crippen LogP) is 3.93. The normalized spacial score (nSPS) is 23.0. The molecule has 0 bridgehead atoms. The highest BCUT2D eigenvalue weighted by Crippen LogP contribution is 2.36. The van der Waals surface area contributed by atoms with Gasteiger partial charge < -0.3 is 48.4 Å². The van der Waals surface area contributed by atoms with Crippen molar-refractivity contribution in [2.75, 3.05) is 86.1 Å². The van der Waals surface area contributed by atoms with E-state index in [4.69, 9.17) is 18.8 Å². The molecule has 332 valence electrons. The Morgan fingerprint density at radius 2 is 1.13 bits per heavy atom. The van der Waals surface area contributed by atoms with Gasteiger partial charge in [0.15, 0.2) is 0 Å². The second kappa shape index (κ2) is 18.1. The van der Waals surface area contributed by atoms with Crippen molar-refractivity contribution in [3.63, 3.8) is 0 Å². The van der Waals surface area contributed by atoms with Crippen molar-refractivity contribution in [1.82, 2.24) is 28.9 Å². The highest BCUT2D eigenvalue weighted by Gasteiger charge is 2.52. The van der Waals surface area contributed by atoms with Crippen LogP contribution in [0.25, 0.3) is 0 Å². The molecular formula is C44H60BBrN10O6. The third-order valence-corrected chi connectivity index (χ3v) is 13.6. The first-order chi connectivity index (χ1) is 29.5. The minimum atomic E-state index is -0.547. The van der Waals surface area contributed by atoms with Gasteiger partial charge in [0.2, 0.25) is 0 Å². The van der Waals surface area contributed by atoms with Gasteiger partial charge in [-0.25, -0.2) is 9.97 Å². The first-order valence-electron chi connectivity index (χ1n) is 21.6. The highest BCUT2D eigenvalue weighted by molar-refractivity contribution is 9.10. The highest BCUT2D eigenvalue weighted by atomic mass is 79.9. The van der Waals surface area contributed by atoms with Gasteiger partial charge in [0.1, 0.15) is 23.0 Å². The Labute approximate surface area is 372 Å². The van der Waals surface area contributed by atoms with Crippen molar-refractivity contribution in [3.05, 3.63) is 86.4 Å². The maximum Gasteiger partial charge on any atom is 0.496 e. The number of nitrogens with one attached hydrogen (secondary N) is 2. The molecule has 2 atom stereocenters. The molecule has 18 heteroatoms. The molecule has 0 aromatic carbocycles. The zero-order chi connectivity index (χ0) is 43.9. The van der Waals surface area contributed by atoms with E-state index < -0.39 is 18.3 Å². The van der Waals surface area contributed by atoms with E-state index in [9.17, 15) is 9.59 Å². The number of anilines is 6. The summed E-state index contributed by atoms with van der Waals surface area (Å²) in [6.45, 7) is 22.1. The average molecular weight is 916 g/mol. The monoisotopic (exact) mass is 914 g/mol. The molecule has 5 aliphatic heterocycles. The van der Waals surface area contributed by atoms with E-state index in [0.717, 1.165) is 87.0 Å². The van der Waals surface area contributed by atoms with Crippen molar-refractivity contribution in [2.45, 2.75) is 76.9 Å². The summed E-state index contributed by atoms with van der Waals surface area (Å²) in [5, 5.41) is 6.32. The van der Waals surface area contributed by atoms with Gasteiger partial charge in [-0.2, -0.15) is 0 Å². The zero-order valence-electron chi connectivity index (χ0n) is 37.1. The summed E-state index contributed by atoms with van der Waals surface area (Å²) in [4.78, 5) is 44.0. The molecule has 9 heterocycles. The van der Waals surface area contributed by atoms with Gasteiger partial charge in [-0.15, -0.1) is 0 Å². The number of rotatable bonds is 9. The van der Waals surface area contributed by atoms with Crippen LogP contribution in [0.2, 0.25) is 0 Å². The number of pyridine rings is 4. The molecular weight excluding hydrogens is 855 g/mol. The molecule has 0 spiro atoms. The van der Waals surface area contributed by atoms with Crippen LogP contribution in [0.4, 0.5) is 34.4 Å². The molecule has 4 aromatic heterocycles. The van der Waals surface area contributed by atoms with Crippen LogP contribution in [0.1, 0.15) is 41.5 Å². The van der Waals surface area contributed by atoms with Gasteiger partial charge in [0, 0.05) is 87.8 Å². The van der Waals surface area contributed by atoms with Crippen LogP contribution < -0.4 is 37.0 Å². The molecule has 16 nitrogen and oxygen atoms in total. The van der Waals surface area contributed by atoms with Crippen LogP contribution in [-0.2, 0) is 32.9 Å². The molecule has 9 rings (SSSR count). The fraction of sp³-hybridized carbons (Fsp3) is 0.545. The lowest BCUT2D eigenvalue weighted by Crippen LogP contribution is -2.59. The second-order valence-electron chi connectivity index (χ2n) is 18.2. The quantitative estimate of drug-likeness (QED) is 0.234. The first kappa shape index (κ1) is 44.3. The van der Waals surface area contributed by atoms with E-state index in [1.54, 1.807) is 43.2 Å². The van der Waals surface area contributed by atoms with Crippen LogP contribution in [0, 0.1) is 0 Å². The van der Waals surface area contributed by atoms with Crippen molar-refractivity contribution in [3.8, 4) is 0 Å². The summed E-state index contributed by atoms with van der Waals surface area (Å²) in [6.07, 6.45) is 7.26. The van der Waals surface area contributed by atoms with Gasteiger partial charge in [-0.1, -0.05) is 0 Å². The lowest BCUT2D eigenvalue weighted by molar-refractivity contribution is -0.0691. The number of hydrogen-bond donors (Lipinski definition) is 2. The standard InChI is InChI=1S/C25H36BN5O4.C19H24BrN5O2/c1-17-13-30(20-15-33-16-20)9-10-31(17)19-7-8-22(27-12-19)28-21-11-18(14-29(6)23(21)32)26-34-24(2,3)25(4,5)35-26;1-13-9-24(16-11-27-12-16)5-6-25(13)15-3-4-18(21-8-15)22-17-7-14(20)10-23(2)19(17)26/h7-8,11-12,14,17,20H,9-10,13,15-16H2,1-6H3,(H,27,28);3-4,7-8,10,13,16H,5-6,9,11-12H2,1-2H3,(H,21,22)/t17-;13-/m00/s1. The summed E-state index contributed by atoms with van der Waals surface area (Å²) >= 11 is 3.42. The lowest BCUT2D eigenvalue weighted by atomic mass is 9.80. The number of aryl methyl sites for hydroxylation is 2. The Balaban J connectivity index is 0.000000176. The fourth-order valence-electron chi connectivity index (χ4n) is 8.50. The number of nitrogens with zero attached hydrogens (tertiary/aromatic N) is 8. The van der Waals surface area contributed by atoms with E-state index in [0.29, 0.717) is 47.2 Å². The minimum Gasteiger partial charge on any atom is -0.399 e. The maximum atomic E-state index is 12.8. The summed E-state index contributed by atoms with van der Waals surface area (Å²) in [6, 6.07) is 13.5. The Morgan fingerprint density at radius 1 is 0.677 bits per heavy atom. The van der Waals surface area contributed by atoms with Gasteiger partial charge in [-0.05, 0) is 93.9 Å². The topological polar surface area (TPSA) is 144 Å². The molecule has 5 saturated heterocycles. The molecule has 0 radical (unpaired) electrons. The molecule has 0 aliphatic carbocycles. The molecule has 0 unspecified atom stereocenters. The SMILES string of the molecule is C[C@H]1CN(C2COC2)CCN1c1ccc(Nc2cc(B3OC(C)(C)C(C)(C)O3)cn(C)c2=O)nc1.C[C@H]1CN(C2COC2)CCN1c1ccc(Nc2cc(Br)cn(C)c2=O)nc1. The van der Waals surface area contributed by atoms with E-state index in [2.05, 4.69) is 82.1 Å². The van der Waals surface area contributed by atoms with Crippen molar-refractivity contribution < 1.29 is 18.8 Å². The smallest absolute Gasteiger partial charge is 0.399 e. The number of hydrogen-bond acceptors (Lipinski definition) is 14. The fourth-order valence-corrected chi connectivity index (χ4v) is 9.04. The van der Waals surface area contributed by atoms with Crippen LogP contribution in [0.3, 0.4) is 0 Å². The number of aromatic nitrogens is 4. The first-order valence-corrected chi connectivity index (χ1v) is 22.4. The van der Waals surface area contributed by atoms with Crippen molar-refractivity contribution >= 4 is 62.9 Å². The summed E-state index contributed by atoms with van der Waals surface area (Å²) in [5.74, 6) is 1.28. The number of halogens is 1. The third-order valence-electron chi connectivity index (χ3n) is 13.2. The van der Waals surface area contributed by atoms with Crippen LogP contribution in [-0.4, -0.2) is 137 Å². The average Bonchev–Trinajstić information content (AvgIpc) is 3.41. The number of ether oxygens (including phenoxy) is 2. The molecule has 0 amide bonds. The molecule has 2 N–H and O–H groups in total. The lowest BCUT2D eigenvalue weighted by Gasteiger charge is -2.46. The van der Waals surface area contributed by atoms with E-state index in [1.807, 2.05) is 52.2 Å². The van der Waals surface area contributed by atoms with Gasteiger partial charge in [0.05, 0.1) is 73.5 Å². The van der Waals surface area contributed by atoms with Crippen LogP contribution in [0.15, 0.2) is 75.2 Å². The molecule has 5 aliphatic rings. The Bertz CT molecular complexity index is 2300.